The van der Waals surface area contributed by atoms with Gasteiger partial charge in [0.05, 0.1) is 30.9 Å². The number of hydrogen-bond donors (Lipinski definition) is 1. The molecule has 1 N–H and O–H groups in total. The van der Waals surface area contributed by atoms with Crippen LogP contribution in [0.2, 0.25) is 0 Å². The molecule has 1 amide bonds. The van der Waals surface area contributed by atoms with Gasteiger partial charge in [0.15, 0.2) is 0 Å². The lowest BCUT2D eigenvalue weighted by Crippen LogP contribution is -2.65. The number of aromatic amines is 1. The highest BCUT2D eigenvalue weighted by Gasteiger charge is 2.45. The van der Waals surface area contributed by atoms with Crippen molar-refractivity contribution in [1.82, 2.24) is 9.88 Å². The maximum absolute atomic E-state index is 12.1. The zero-order valence-electron chi connectivity index (χ0n) is 8.64. The molecule has 2 saturated heterocycles. The van der Waals surface area contributed by atoms with Crippen LogP contribution in [-0.2, 0) is 4.74 Å². The van der Waals surface area contributed by atoms with E-state index in [1.165, 1.54) is 0 Å². The molecule has 3 rings (SSSR count). The molecule has 0 saturated carbocycles. The molecule has 1 aromatic rings. The standard InChI is InChI=1S/C11H11N3O2/c12-3-7-1-10(13-4-7)11(15)14-8-2-9(14)6-16-5-8/h1,4,8-9,13H,2,5-6H2. The Hall–Kier alpha value is -1.80. The minimum atomic E-state index is -0.0222. The number of ether oxygens (including phenoxy) is 1. The fourth-order valence-corrected chi connectivity index (χ4v) is 2.39. The lowest BCUT2D eigenvalue weighted by Gasteiger charge is -2.52. The summed E-state index contributed by atoms with van der Waals surface area (Å²) >= 11 is 0. The summed E-state index contributed by atoms with van der Waals surface area (Å²) in [6.45, 7) is 1.27. The summed E-state index contributed by atoms with van der Waals surface area (Å²) < 4.78 is 5.32. The van der Waals surface area contributed by atoms with E-state index >= 15 is 0 Å². The van der Waals surface area contributed by atoms with Crippen molar-refractivity contribution in [3.8, 4) is 6.07 Å². The van der Waals surface area contributed by atoms with Crippen molar-refractivity contribution in [2.24, 2.45) is 0 Å². The number of nitrogens with zero attached hydrogens (tertiary/aromatic N) is 2. The normalized spacial score (nSPS) is 27.1. The van der Waals surface area contributed by atoms with Gasteiger partial charge in [0, 0.05) is 6.20 Å². The molecule has 2 bridgehead atoms. The summed E-state index contributed by atoms with van der Waals surface area (Å²) in [4.78, 5) is 16.8. The Kier molecular flexibility index (Phi) is 1.98. The molecule has 82 valence electrons. The van der Waals surface area contributed by atoms with Crippen molar-refractivity contribution in [3.63, 3.8) is 0 Å². The van der Waals surface area contributed by atoms with E-state index in [-0.39, 0.29) is 18.0 Å². The van der Waals surface area contributed by atoms with Crippen LogP contribution in [0.1, 0.15) is 22.5 Å². The minimum absolute atomic E-state index is 0.0222. The summed E-state index contributed by atoms with van der Waals surface area (Å²) in [5, 5.41) is 8.69. The molecule has 0 spiro atoms. The van der Waals surface area contributed by atoms with Gasteiger partial charge in [0.25, 0.3) is 5.91 Å². The third-order valence-corrected chi connectivity index (χ3v) is 3.23. The minimum Gasteiger partial charge on any atom is -0.377 e. The van der Waals surface area contributed by atoms with Crippen molar-refractivity contribution in [1.29, 1.82) is 5.26 Å². The first-order valence-electron chi connectivity index (χ1n) is 5.28. The molecule has 1 aromatic heterocycles. The third-order valence-electron chi connectivity index (χ3n) is 3.23. The molecule has 2 atom stereocenters. The van der Waals surface area contributed by atoms with Gasteiger partial charge in [-0.05, 0) is 12.5 Å². The Balaban J connectivity index is 1.81. The van der Waals surface area contributed by atoms with E-state index < -0.39 is 0 Å². The highest BCUT2D eigenvalue weighted by Crippen LogP contribution is 2.32. The second-order valence-electron chi connectivity index (χ2n) is 4.21. The summed E-state index contributed by atoms with van der Waals surface area (Å²) in [5.41, 5.74) is 0.985. The molecular formula is C11H11N3O2. The molecule has 16 heavy (non-hydrogen) atoms. The molecule has 0 radical (unpaired) electrons. The predicted molar refractivity (Wildman–Crippen MR) is 54.7 cm³/mol. The van der Waals surface area contributed by atoms with Gasteiger partial charge in [-0.2, -0.15) is 5.26 Å². The summed E-state index contributed by atoms with van der Waals surface area (Å²) in [5.74, 6) is -0.0222. The highest BCUT2D eigenvalue weighted by molar-refractivity contribution is 5.94. The number of H-pyrrole nitrogens is 1. The van der Waals surface area contributed by atoms with Gasteiger partial charge in [0.1, 0.15) is 11.8 Å². The first-order chi connectivity index (χ1) is 7.79. The van der Waals surface area contributed by atoms with Gasteiger partial charge in [0.2, 0.25) is 0 Å². The number of rotatable bonds is 1. The molecule has 2 aliphatic rings. The monoisotopic (exact) mass is 217 g/mol. The van der Waals surface area contributed by atoms with Crippen molar-refractivity contribution >= 4 is 5.91 Å². The Labute approximate surface area is 92.6 Å². The van der Waals surface area contributed by atoms with Crippen LogP contribution in [0.5, 0.6) is 0 Å². The number of amides is 1. The average Bonchev–Trinajstić information content (AvgIpc) is 2.78. The van der Waals surface area contributed by atoms with Gasteiger partial charge in [-0.1, -0.05) is 0 Å². The van der Waals surface area contributed by atoms with E-state index in [9.17, 15) is 4.79 Å². The van der Waals surface area contributed by atoms with E-state index in [0.29, 0.717) is 24.5 Å². The Bertz CT molecular complexity index is 460. The van der Waals surface area contributed by atoms with Crippen molar-refractivity contribution in [2.45, 2.75) is 18.5 Å². The van der Waals surface area contributed by atoms with Gasteiger partial charge >= 0.3 is 0 Å². The quantitative estimate of drug-likeness (QED) is 0.744. The Morgan fingerprint density at radius 3 is 2.88 bits per heavy atom. The van der Waals surface area contributed by atoms with Crippen LogP contribution in [0.4, 0.5) is 0 Å². The Morgan fingerprint density at radius 1 is 1.56 bits per heavy atom. The second kappa shape index (κ2) is 3.35. The zero-order chi connectivity index (χ0) is 11.1. The summed E-state index contributed by atoms with van der Waals surface area (Å²) in [6.07, 6.45) is 2.59. The van der Waals surface area contributed by atoms with E-state index in [1.54, 1.807) is 12.3 Å². The topological polar surface area (TPSA) is 69.1 Å². The number of carbonyl (C=O) groups excluding carboxylic acids is 1. The van der Waals surface area contributed by atoms with Crippen LogP contribution >= 0.6 is 0 Å². The number of morpholine rings is 1. The summed E-state index contributed by atoms with van der Waals surface area (Å²) in [6, 6.07) is 4.04. The average molecular weight is 217 g/mol. The maximum Gasteiger partial charge on any atom is 0.270 e. The number of fused-ring (bicyclic) bond motifs is 2. The fraction of sp³-hybridized carbons (Fsp3) is 0.455. The van der Waals surface area contributed by atoms with Crippen molar-refractivity contribution in [3.05, 3.63) is 23.5 Å². The molecule has 0 aromatic carbocycles. The predicted octanol–water partition coefficient (Wildman–Crippen LogP) is 0.500. The number of nitriles is 1. The lowest BCUT2D eigenvalue weighted by atomic mass is 9.91. The molecule has 2 fully saturated rings. The first-order valence-corrected chi connectivity index (χ1v) is 5.28. The van der Waals surface area contributed by atoms with Crippen LogP contribution in [0.15, 0.2) is 12.3 Å². The molecule has 0 aliphatic carbocycles. The van der Waals surface area contributed by atoms with Gasteiger partial charge in [-0.15, -0.1) is 0 Å². The zero-order valence-corrected chi connectivity index (χ0v) is 8.64. The van der Waals surface area contributed by atoms with Crippen molar-refractivity contribution < 1.29 is 9.53 Å². The fourth-order valence-electron chi connectivity index (χ4n) is 2.39. The Morgan fingerprint density at radius 2 is 2.31 bits per heavy atom. The van der Waals surface area contributed by atoms with Gasteiger partial charge in [-0.25, -0.2) is 0 Å². The maximum atomic E-state index is 12.1. The van der Waals surface area contributed by atoms with Gasteiger partial charge < -0.3 is 14.6 Å². The molecule has 5 nitrogen and oxygen atoms in total. The molecule has 5 heteroatoms. The largest absolute Gasteiger partial charge is 0.377 e. The van der Waals surface area contributed by atoms with Gasteiger partial charge in [-0.3, -0.25) is 4.79 Å². The molecule has 2 unspecified atom stereocenters. The first kappa shape index (κ1) is 9.43. The second-order valence-corrected chi connectivity index (χ2v) is 4.21. The smallest absolute Gasteiger partial charge is 0.270 e. The molecule has 3 heterocycles. The lowest BCUT2D eigenvalue weighted by molar-refractivity contribution is -0.104. The van der Waals surface area contributed by atoms with Crippen molar-refractivity contribution in [2.75, 3.05) is 13.2 Å². The number of aromatic nitrogens is 1. The number of carbonyl (C=O) groups is 1. The van der Waals surface area contributed by atoms with E-state index in [0.717, 1.165) is 6.42 Å². The van der Waals surface area contributed by atoms with E-state index in [4.69, 9.17) is 10.00 Å². The van der Waals surface area contributed by atoms with Crippen LogP contribution in [0.25, 0.3) is 0 Å². The SMILES string of the molecule is N#Cc1c[nH]c(C(=O)N2C3COCC2C3)c1. The van der Waals surface area contributed by atoms with Crippen LogP contribution in [0, 0.1) is 11.3 Å². The highest BCUT2D eigenvalue weighted by atomic mass is 16.5. The van der Waals surface area contributed by atoms with Crippen LogP contribution in [0.3, 0.4) is 0 Å². The molecular weight excluding hydrogens is 206 g/mol. The summed E-state index contributed by atoms with van der Waals surface area (Å²) in [7, 11) is 0. The number of hydrogen-bond acceptors (Lipinski definition) is 3. The van der Waals surface area contributed by atoms with E-state index in [2.05, 4.69) is 4.98 Å². The van der Waals surface area contributed by atoms with E-state index in [1.807, 2.05) is 11.0 Å². The third kappa shape index (κ3) is 1.24. The van der Waals surface area contributed by atoms with Crippen LogP contribution < -0.4 is 0 Å². The molecule has 2 aliphatic heterocycles. The number of nitrogens with one attached hydrogen (secondary N) is 1. The van der Waals surface area contributed by atoms with Crippen LogP contribution in [-0.4, -0.2) is 41.1 Å².